The largest absolute Gasteiger partial charge is 1.00 e. The summed E-state index contributed by atoms with van der Waals surface area (Å²) in [5, 5.41) is 13.0. The fourth-order valence-corrected chi connectivity index (χ4v) is 4.62. The van der Waals surface area contributed by atoms with Crippen molar-refractivity contribution >= 4 is 16.5 Å². The Morgan fingerprint density at radius 2 is 1.91 bits per heavy atom. The number of hydrogen-bond donors (Lipinski definition) is 0. The molecule has 0 spiro atoms. The minimum Gasteiger partial charge on any atom is -1.00 e. The summed E-state index contributed by atoms with van der Waals surface area (Å²) < 4.78 is 25.1. The van der Waals surface area contributed by atoms with Gasteiger partial charge >= 0.3 is 0 Å². The van der Waals surface area contributed by atoms with Crippen molar-refractivity contribution in [3.63, 3.8) is 0 Å². The minimum absolute atomic E-state index is 0. The van der Waals surface area contributed by atoms with Gasteiger partial charge in [0.1, 0.15) is 6.61 Å². The number of fused-ring (bicyclic) bond motifs is 5. The van der Waals surface area contributed by atoms with Crippen LogP contribution < -0.4 is 40.5 Å². The van der Waals surface area contributed by atoms with E-state index < -0.39 is 4.92 Å². The van der Waals surface area contributed by atoms with Crippen LogP contribution in [0.3, 0.4) is 0 Å². The number of halogens is 1. The van der Waals surface area contributed by atoms with Crippen LogP contribution in [0.1, 0.15) is 11.1 Å². The molecule has 0 saturated carbocycles. The molecule has 178 valence electrons. The fraction of sp³-hybridized carbons (Fsp3) is 0.192. The highest BCUT2D eigenvalue weighted by molar-refractivity contribution is 5.91. The summed E-state index contributed by atoms with van der Waals surface area (Å²) in [6, 6.07) is 16.6. The van der Waals surface area contributed by atoms with E-state index in [0.29, 0.717) is 17.1 Å². The third-order valence-corrected chi connectivity index (χ3v) is 6.30. The van der Waals surface area contributed by atoms with E-state index in [4.69, 9.17) is 18.9 Å². The van der Waals surface area contributed by atoms with Gasteiger partial charge in [-0.05, 0) is 40.8 Å². The van der Waals surface area contributed by atoms with Crippen molar-refractivity contribution in [3.05, 3.63) is 82.0 Å². The van der Waals surface area contributed by atoms with Gasteiger partial charge in [0.2, 0.25) is 12.5 Å². The minimum atomic E-state index is -0.407. The highest BCUT2D eigenvalue weighted by Gasteiger charge is 2.28. The van der Waals surface area contributed by atoms with Crippen LogP contribution in [-0.4, -0.2) is 18.8 Å². The third kappa shape index (κ3) is 4.01. The quantitative estimate of drug-likeness (QED) is 0.219. The Morgan fingerprint density at radius 1 is 1.09 bits per heavy atom. The second-order valence-corrected chi connectivity index (χ2v) is 8.28. The summed E-state index contributed by atoms with van der Waals surface area (Å²) >= 11 is 0. The molecule has 3 aromatic carbocycles. The molecule has 0 N–H and O–H groups in total. The van der Waals surface area contributed by atoms with Crippen LogP contribution in [0.2, 0.25) is 0 Å². The number of nitro benzene ring substituents is 1. The van der Waals surface area contributed by atoms with Gasteiger partial charge in [-0.2, -0.15) is 4.57 Å². The normalized spacial score (nSPS) is 12.9. The molecule has 4 aromatic rings. The van der Waals surface area contributed by atoms with Gasteiger partial charge in [-0.15, -0.1) is 0 Å². The average Bonchev–Trinajstić information content (AvgIpc) is 3.32. The number of hydrogen-bond acceptors (Lipinski definition) is 6. The molecule has 0 aliphatic carbocycles. The summed E-state index contributed by atoms with van der Waals surface area (Å²) in [7, 11) is 1.60. The number of methoxy groups -OCH3 is 1. The van der Waals surface area contributed by atoms with E-state index in [1.54, 1.807) is 13.2 Å². The van der Waals surface area contributed by atoms with Gasteiger partial charge < -0.3 is 35.9 Å². The van der Waals surface area contributed by atoms with Crippen molar-refractivity contribution in [3.8, 4) is 34.3 Å². The molecule has 1 aromatic heterocycles. The molecule has 0 unspecified atom stereocenters. The lowest BCUT2D eigenvalue weighted by Gasteiger charge is -2.18. The van der Waals surface area contributed by atoms with Crippen molar-refractivity contribution in [1.29, 1.82) is 0 Å². The van der Waals surface area contributed by atoms with Crippen molar-refractivity contribution in [2.75, 3.05) is 13.9 Å². The molecule has 0 bridgehead atoms. The smallest absolute Gasteiger partial charge is 0.269 e. The standard InChI is InChI=1S/C26H21N2O6.BrH/c1-31-23-6-5-17-10-22-20-12-25-24(33-15-34-25)11-18(20)7-8-27(22)13-21(17)26(23)32-14-16-3-2-4-19(9-16)28(29)30;/h2-6,9-13H,7-8,14-15H2,1H3;1H/q+1;/p-1. The molecule has 2 aliphatic rings. The zero-order chi connectivity index (χ0) is 23.2. The summed E-state index contributed by atoms with van der Waals surface area (Å²) in [4.78, 5) is 10.7. The fourth-order valence-electron chi connectivity index (χ4n) is 4.62. The number of nitro groups is 1. The van der Waals surface area contributed by atoms with Crippen molar-refractivity contribution in [1.82, 2.24) is 0 Å². The first-order valence-electron chi connectivity index (χ1n) is 10.9. The SMILES string of the molecule is COc1ccc2cc3[n+](cc2c1OCc1cccc([N+](=O)[O-])c1)CCc1cc2c(cc1-3)OCO2.[Br-]. The van der Waals surface area contributed by atoms with Crippen molar-refractivity contribution < 1.29 is 45.4 Å². The zero-order valence-corrected chi connectivity index (χ0v) is 20.4. The van der Waals surface area contributed by atoms with Crippen LogP contribution in [0.4, 0.5) is 5.69 Å². The summed E-state index contributed by atoms with van der Waals surface area (Å²) in [6.45, 7) is 1.26. The number of aromatic nitrogens is 1. The number of ether oxygens (including phenoxy) is 4. The maximum absolute atomic E-state index is 11.1. The van der Waals surface area contributed by atoms with E-state index in [1.807, 2.05) is 18.2 Å². The summed E-state index contributed by atoms with van der Waals surface area (Å²) in [5.74, 6) is 2.79. The molecular formula is C26H21BrN2O6. The number of nitrogens with zero attached hydrogens (tertiary/aromatic N) is 2. The van der Waals surface area contributed by atoms with E-state index in [0.717, 1.165) is 46.5 Å². The number of benzene rings is 3. The Kier molecular flexibility index (Phi) is 5.94. The highest BCUT2D eigenvalue weighted by Crippen LogP contribution is 2.41. The highest BCUT2D eigenvalue weighted by atomic mass is 79.9. The Labute approximate surface area is 211 Å². The Balaban J connectivity index is 0.00000253. The Morgan fingerprint density at radius 3 is 2.71 bits per heavy atom. The lowest BCUT2D eigenvalue weighted by molar-refractivity contribution is -0.686. The predicted molar refractivity (Wildman–Crippen MR) is 123 cm³/mol. The molecule has 2 aliphatic heterocycles. The molecule has 0 fully saturated rings. The molecular weight excluding hydrogens is 516 g/mol. The Hall–Kier alpha value is -3.85. The monoisotopic (exact) mass is 536 g/mol. The van der Waals surface area contributed by atoms with E-state index in [1.165, 1.54) is 17.7 Å². The Bertz CT molecular complexity index is 1470. The first-order valence-corrected chi connectivity index (χ1v) is 10.9. The molecule has 35 heavy (non-hydrogen) atoms. The van der Waals surface area contributed by atoms with Crippen molar-refractivity contribution in [2.45, 2.75) is 19.6 Å². The van der Waals surface area contributed by atoms with Crippen LogP contribution in [0.15, 0.2) is 60.8 Å². The molecule has 0 atom stereocenters. The van der Waals surface area contributed by atoms with Crippen LogP contribution in [0, 0.1) is 10.1 Å². The van der Waals surface area contributed by atoms with E-state index in [-0.39, 0.29) is 36.1 Å². The first kappa shape index (κ1) is 22.9. The second kappa shape index (κ2) is 9.07. The third-order valence-electron chi connectivity index (χ3n) is 6.30. The summed E-state index contributed by atoms with van der Waals surface area (Å²) in [5.41, 5.74) is 4.22. The second-order valence-electron chi connectivity index (χ2n) is 8.28. The van der Waals surface area contributed by atoms with Crippen molar-refractivity contribution in [2.24, 2.45) is 0 Å². The van der Waals surface area contributed by atoms with Gasteiger partial charge in [-0.25, -0.2) is 0 Å². The molecule has 8 nitrogen and oxygen atoms in total. The van der Waals surface area contributed by atoms with Gasteiger partial charge in [0.05, 0.1) is 23.0 Å². The lowest BCUT2D eigenvalue weighted by atomic mass is 9.95. The van der Waals surface area contributed by atoms with E-state index in [2.05, 4.69) is 29.0 Å². The summed E-state index contributed by atoms with van der Waals surface area (Å²) in [6.07, 6.45) is 2.96. The van der Waals surface area contributed by atoms with Crippen LogP contribution in [0.25, 0.3) is 22.0 Å². The number of non-ortho nitro benzene ring substituents is 1. The maximum atomic E-state index is 11.1. The molecule has 0 saturated heterocycles. The predicted octanol–water partition coefficient (Wildman–Crippen LogP) is 1.58. The van der Waals surface area contributed by atoms with E-state index >= 15 is 0 Å². The first-order chi connectivity index (χ1) is 16.6. The maximum Gasteiger partial charge on any atom is 0.269 e. The van der Waals surface area contributed by atoms with Gasteiger partial charge in [-0.3, -0.25) is 10.1 Å². The topological polar surface area (TPSA) is 83.9 Å². The van der Waals surface area contributed by atoms with E-state index in [9.17, 15) is 10.1 Å². The van der Waals surface area contributed by atoms with Gasteiger partial charge in [0.15, 0.2) is 35.7 Å². The van der Waals surface area contributed by atoms with Crippen LogP contribution in [0.5, 0.6) is 23.0 Å². The average molecular weight is 537 g/mol. The number of aryl methyl sites for hydroxylation is 2. The van der Waals surface area contributed by atoms with Gasteiger partial charge in [0, 0.05) is 24.6 Å². The van der Waals surface area contributed by atoms with Crippen LogP contribution in [-0.2, 0) is 19.6 Å². The number of rotatable bonds is 5. The molecule has 0 amide bonds. The van der Waals surface area contributed by atoms with Gasteiger partial charge in [0.25, 0.3) is 5.69 Å². The molecule has 6 rings (SSSR count). The lowest BCUT2D eigenvalue weighted by Crippen LogP contribution is -3.00. The zero-order valence-electron chi connectivity index (χ0n) is 18.8. The number of pyridine rings is 1. The van der Waals surface area contributed by atoms with Crippen LogP contribution >= 0.6 is 0 Å². The molecule has 9 heteroatoms. The molecule has 0 radical (unpaired) electrons. The van der Waals surface area contributed by atoms with Gasteiger partial charge in [-0.1, -0.05) is 12.1 Å². The molecule has 3 heterocycles.